The molecule has 0 aromatic carbocycles. The van der Waals surface area contributed by atoms with Crippen LogP contribution in [-0.2, 0) is 6.54 Å². The minimum atomic E-state index is -0.963. The number of aliphatic hydroxyl groups is 1. The van der Waals surface area contributed by atoms with Gasteiger partial charge >= 0.3 is 5.97 Å². The summed E-state index contributed by atoms with van der Waals surface area (Å²) in [5.41, 5.74) is 0.209. The van der Waals surface area contributed by atoms with Gasteiger partial charge in [-0.05, 0) is 19.8 Å². The van der Waals surface area contributed by atoms with Crippen molar-refractivity contribution in [1.29, 1.82) is 0 Å². The summed E-state index contributed by atoms with van der Waals surface area (Å²) in [4.78, 5) is 14.7. The topological polar surface area (TPSA) is 75.3 Å². The SMILES string of the molecule is Cc1ncc(C(=O)O)n1CCCCO. The first-order chi connectivity index (χ1) is 6.66. The first-order valence-electron chi connectivity index (χ1n) is 4.53. The lowest BCUT2D eigenvalue weighted by molar-refractivity contribution is 0.0684. The van der Waals surface area contributed by atoms with E-state index in [0.717, 1.165) is 6.42 Å². The second kappa shape index (κ2) is 4.76. The van der Waals surface area contributed by atoms with Crippen molar-refractivity contribution in [2.75, 3.05) is 6.61 Å². The molecule has 14 heavy (non-hydrogen) atoms. The molecule has 0 unspecified atom stereocenters. The average Bonchev–Trinajstić information content (AvgIpc) is 2.48. The van der Waals surface area contributed by atoms with Gasteiger partial charge in [0, 0.05) is 13.2 Å². The lowest BCUT2D eigenvalue weighted by atomic mass is 10.3. The van der Waals surface area contributed by atoms with Gasteiger partial charge in [0.25, 0.3) is 0 Å². The third-order valence-corrected chi connectivity index (χ3v) is 2.06. The molecule has 5 nitrogen and oxygen atoms in total. The van der Waals surface area contributed by atoms with Crippen LogP contribution in [0.5, 0.6) is 0 Å². The minimum absolute atomic E-state index is 0.135. The lowest BCUT2D eigenvalue weighted by Gasteiger charge is -2.06. The highest BCUT2D eigenvalue weighted by Gasteiger charge is 2.12. The van der Waals surface area contributed by atoms with Crippen LogP contribution in [0.15, 0.2) is 6.20 Å². The fourth-order valence-corrected chi connectivity index (χ4v) is 1.30. The molecule has 5 heteroatoms. The molecular formula is C9H14N2O3. The van der Waals surface area contributed by atoms with E-state index in [1.807, 2.05) is 0 Å². The van der Waals surface area contributed by atoms with Crippen molar-refractivity contribution < 1.29 is 15.0 Å². The van der Waals surface area contributed by atoms with Crippen molar-refractivity contribution >= 4 is 5.97 Å². The Kier molecular flexibility index (Phi) is 3.64. The predicted octanol–water partition coefficient (Wildman–Crippen LogP) is 0.662. The summed E-state index contributed by atoms with van der Waals surface area (Å²) in [5, 5.41) is 17.4. The highest BCUT2D eigenvalue weighted by molar-refractivity contribution is 5.85. The zero-order valence-corrected chi connectivity index (χ0v) is 8.10. The number of unbranched alkanes of at least 4 members (excludes halogenated alkanes) is 1. The molecule has 78 valence electrons. The number of carboxylic acid groups (broad SMARTS) is 1. The number of aromatic carboxylic acids is 1. The first kappa shape index (κ1) is 10.7. The molecule has 1 heterocycles. The summed E-state index contributed by atoms with van der Waals surface area (Å²) in [7, 11) is 0. The predicted molar refractivity (Wildman–Crippen MR) is 50.2 cm³/mol. The van der Waals surface area contributed by atoms with Gasteiger partial charge in [-0.1, -0.05) is 0 Å². The van der Waals surface area contributed by atoms with Crippen molar-refractivity contribution in [1.82, 2.24) is 9.55 Å². The normalized spacial score (nSPS) is 10.4. The zero-order chi connectivity index (χ0) is 10.6. The number of nitrogens with zero attached hydrogens (tertiary/aromatic N) is 2. The van der Waals surface area contributed by atoms with E-state index in [9.17, 15) is 4.79 Å². The molecule has 0 saturated heterocycles. The van der Waals surface area contributed by atoms with Crippen LogP contribution in [0.25, 0.3) is 0 Å². The largest absolute Gasteiger partial charge is 0.477 e. The highest BCUT2D eigenvalue weighted by Crippen LogP contribution is 2.06. The van der Waals surface area contributed by atoms with Gasteiger partial charge in [0.15, 0.2) is 0 Å². The van der Waals surface area contributed by atoms with E-state index < -0.39 is 5.97 Å². The maximum absolute atomic E-state index is 10.8. The Labute approximate surface area is 82.0 Å². The van der Waals surface area contributed by atoms with Crippen LogP contribution in [0.2, 0.25) is 0 Å². The number of rotatable bonds is 5. The molecule has 2 N–H and O–H groups in total. The first-order valence-corrected chi connectivity index (χ1v) is 4.53. The minimum Gasteiger partial charge on any atom is -0.477 e. The van der Waals surface area contributed by atoms with Gasteiger partial charge < -0.3 is 14.8 Å². The van der Waals surface area contributed by atoms with E-state index in [-0.39, 0.29) is 12.3 Å². The second-order valence-electron chi connectivity index (χ2n) is 3.08. The molecule has 0 aliphatic heterocycles. The van der Waals surface area contributed by atoms with Crippen molar-refractivity contribution in [2.45, 2.75) is 26.3 Å². The van der Waals surface area contributed by atoms with Crippen molar-refractivity contribution in [3.63, 3.8) is 0 Å². The zero-order valence-electron chi connectivity index (χ0n) is 8.10. The maximum atomic E-state index is 10.8. The Bertz CT molecular complexity index is 320. The van der Waals surface area contributed by atoms with E-state index in [4.69, 9.17) is 10.2 Å². The van der Waals surface area contributed by atoms with Gasteiger partial charge in [-0.2, -0.15) is 0 Å². The molecule has 0 radical (unpaired) electrons. The Balaban J connectivity index is 2.72. The van der Waals surface area contributed by atoms with Crippen LogP contribution in [0.4, 0.5) is 0 Å². The third-order valence-electron chi connectivity index (χ3n) is 2.06. The smallest absolute Gasteiger partial charge is 0.354 e. The summed E-state index contributed by atoms with van der Waals surface area (Å²) in [5.74, 6) is -0.269. The Morgan fingerprint density at radius 1 is 1.57 bits per heavy atom. The second-order valence-corrected chi connectivity index (χ2v) is 3.08. The summed E-state index contributed by atoms with van der Waals surface area (Å²) in [6, 6.07) is 0. The quantitative estimate of drug-likeness (QED) is 0.681. The number of aliphatic hydroxyl groups excluding tert-OH is 1. The molecule has 0 aliphatic rings. The number of imidazole rings is 1. The average molecular weight is 198 g/mol. The molecule has 0 aliphatic carbocycles. The van der Waals surface area contributed by atoms with Crippen LogP contribution in [0, 0.1) is 6.92 Å². The van der Waals surface area contributed by atoms with Gasteiger partial charge in [0.2, 0.25) is 0 Å². The molecule has 0 bridgehead atoms. The van der Waals surface area contributed by atoms with Gasteiger partial charge in [-0.3, -0.25) is 0 Å². The molecule has 1 rings (SSSR count). The Hall–Kier alpha value is -1.36. The molecule has 0 spiro atoms. The van der Waals surface area contributed by atoms with Crippen LogP contribution >= 0.6 is 0 Å². The van der Waals surface area contributed by atoms with E-state index in [0.29, 0.717) is 18.8 Å². The molecule has 0 atom stereocenters. The molecule has 1 aromatic heterocycles. The number of carbonyl (C=O) groups is 1. The van der Waals surface area contributed by atoms with E-state index in [1.54, 1.807) is 11.5 Å². The van der Waals surface area contributed by atoms with Gasteiger partial charge in [-0.15, -0.1) is 0 Å². The number of hydrogen-bond acceptors (Lipinski definition) is 3. The fourth-order valence-electron chi connectivity index (χ4n) is 1.30. The fraction of sp³-hybridized carbons (Fsp3) is 0.556. The van der Waals surface area contributed by atoms with E-state index in [2.05, 4.69) is 4.98 Å². The van der Waals surface area contributed by atoms with E-state index >= 15 is 0 Å². The van der Waals surface area contributed by atoms with Crippen molar-refractivity contribution in [3.8, 4) is 0 Å². The van der Waals surface area contributed by atoms with Crippen LogP contribution in [0.3, 0.4) is 0 Å². The molecule has 0 saturated carbocycles. The van der Waals surface area contributed by atoms with Gasteiger partial charge in [0.05, 0.1) is 6.20 Å². The van der Waals surface area contributed by atoms with E-state index in [1.165, 1.54) is 6.20 Å². The van der Waals surface area contributed by atoms with Crippen molar-refractivity contribution in [3.05, 3.63) is 17.7 Å². The molecule has 0 fully saturated rings. The maximum Gasteiger partial charge on any atom is 0.354 e. The summed E-state index contributed by atoms with van der Waals surface area (Å²) < 4.78 is 1.65. The molecular weight excluding hydrogens is 184 g/mol. The Morgan fingerprint density at radius 2 is 2.29 bits per heavy atom. The monoisotopic (exact) mass is 198 g/mol. The number of aromatic nitrogens is 2. The third kappa shape index (κ3) is 2.32. The summed E-state index contributed by atoms with van der Waals surface area (Å²) >= 11 is 0. The summed E-state index contributed by atoms with van der Waals surface area (Å²) in [6.45, 7) is 2.50. The number of carboxylic acids is 1. The standard InChI is InChI=1S/C9H14N2O3/c1-7-10-6-8(9(13)14)11(7)4-2-3-5-12/h6,12H,2-5H2,1H3,(H,13,14). The highest BCUT2D eigenvalue weighted by atomic mass is 16.4. The lowest BCUT2D eigenvalue weighted by Crippen LogP contribution is -2.10. The summed E-state index contributed by atoms with van der Waals surface area (Å²) in [6.07, 6.45) is 2.79. The molecule has 1 aromatic rings. The van der Waals surface area contributed by atoms with Crippen LogP contribution < -0.4 is 0 Å². The van der Waals surface area contributed by atoms with Gasteiger partial charge in [0.1, 0.15) is 11.5 Å². The van der Waals surface area contributed by atoms with Crippen LogP contribution in [-0.4, -0.2) is 32.3 Å². The van der Waals surface area contributed by atoms with Crippen LogP contribution in [0.1, 0.15) is 29.2 Å². The van der Waals surface area contributed by atoms with Crippen molar-refractivity contribution in [2.24, 2.45) is 0 Å². The number of hydrogen-bond donors (Lipinski definition) is 2. The Morgan fingerprint density at radius 3 is 2.86 bits per heavy atom. The van der Waals surface area contributed by atoms with Gasteiger partial charge in [-0.25, -0.2) is 9.78 Å². The number of aryl methyl sites for hydroxylation is 1. The molecule has 0 amide bonds.